The Kier molecular flexibility index (Phi) is 3.58. The number of nitrogens with zero attached hydrogens (tertiary/aromatic N) is 1. The molecule has 3 nitrogen and oxygen atoms in total. The van der Waals surface area contributed by atoms with Gasteiger partial charge in [0.15, 0.2) is 0 Å². The van der Waals surface area contributed by atoms with Gasteiger partial charge in [-0.15, -0.1) is 0 Å². The number of hydrazone groups is 1. The van der Waals surface area contributed by atoms with Gasteiger partial charge in [0, 0.05) is 0 Å². The molecule has 6 heteroatoms. The minimum absolute atomic E-state index is 0.0339. The molecule has 0 saturated carbocycles. The van der Waals surface area contributed by atoms with Crippen LogP contribution in [-0.2, 0) is 10.8 Å². The highest BCUT2D eigenvalue weighted by Gasteiger charge is 2.57. The molecule has 1 aliphatic heterocycles. The van der Waals surface area contributed by atoms with Crippen LogP contribution < -0.4 is 5.43 Å². The van der Waals surface area contributed by atoms with Gasteiger partial charge in [0.25, 0.3) is 5.72 Å². The van der Waals surface area contributed by atoms with Crippen LogP contribution in [0, 0.1) is 0 Å². The van der Waals surface area contributed by atoms with E-state index in [1.165, 1.54) is 5.56 Å². The number of halogens is 3. The maximum Gasteiger partial charge on any atom is 0.438 e. The second-order valence-electron chi connectivity index (χ2n) is 8.23. The summed E-state index contributed by atoms with van der Waals surface area (Å²) in [5.74, 6) is 0. The van der Waals surface area contributed by atoms with E-state index < -0.39 is 18.3 Å². The summed E-state index contributed by atoms with van der Waals surface area (Å²) in [6.07, 6.45) is -3.26. The van der Waals surface area contributed by atoms with Crippen molar-refractivity contribution in [2.45, 2.75) is 69.7 Å². The normalized spacial score (nSPS) is 28.1. The summed E-state index contributed by atoms with van der Waals surface area (Å²) >= 11 is 0. The maximum absolute atomic E-state index is 12.9. The van der Waals surface area contributed by atoms with Crippen molar-refractivity contribution in [1.29, 1.82) is 0 Å². The predicted molar refractivity (Wildman–Crippen MR) is 87.0 cm³/mol. The monoisotopic (exact) mass is 340 g/mol. The molecule has 2 aliphatic rings. The fourth-order valence-electron chi connectivity index (χ4n) is 3.58. The number of fused-ring (bicyclic) bond motifs is 1. The molecule has 0 bridgehead atoms. The summed E-state index contributed by atoms with van der Waals surface area (Å²) in [6, 6.07) is 5.75. The van der Waals surface area contributed by atoms with E-state index in [-0.39, 0.29) is 16.5 Å². The van der Waals surface area contributed by atoms with E-state index in [9.17, 15) is 18.3 Å². The second kappa shape index (κ2) is 4.97. The smallest absolute Gasteiger partial charge is 0.362 e. The number of benzene rings is 1. The van der Waals surface area contributed by atoms with E-state index >= 15 is 0 Å². The van der Waals surface area contributed by atoms with Gasteiger partial charge in [-0.05, 0) is 46.4 Å². The molecule has 0 radical (unpaired) electrons. The largest absolute Gasteiger partial charge is 0.438 e. The second-order valence-corrected chi connectivity index (χ2v) is 8.23. The topological polar surface area (TPSA) is 44.6 Å². The van der Waals surface area contributed by atoms with Crippen molar-refractivity contribution in [1.82, 2.24) is 5.43 Å². The lowest BCUT2D eigenvalue weighted by Gasteiger charge is -2.42. The zero-order valence-electron chi connectivity index (χ0n) is 14.4. The van der Waals surface area contributed by atoms with Gasteiger partial charge in [-0.3, -0.25) is 5.43 Å². The molecule has 0 saturated heterocycles. The van der Waals surface area contributed by atoms with Crippen molar-refractivity contribution < 1.29 is 18.3 Å². The molecule has 132 valence electrons. The van der Waals surface area contributed by atoms with E-state index in [1.807, 2.05) is 23.6 Å². The van der Waals surface area contributed by atoms with E-state index in [1.54, 1.807) is 0 Å². The highest BCUT2D eigenvalue weighted by molar-refractivity contribution is 6.02. The van der Waals surface area contributed by atoms with Gasteiger partial charge in [-0.1, -0.05) is 39.8 Å². The predicted octanol–water partition coefficient (Wildman–Crippen LogP) is 3.98. The third-order valence-corrected chi connectivity index (χ3v) is 5.45. The fourth-order valence-corrected chi connectivity index (χ4v) is 3.58. The molecule has 1 heterocycles. The lowest BCUT2D eigenvalue weighted by molar-refractivity contribution is -0.266. The molecule has 1 aromatic rings. The molecule has 0 amide bonds. The standard InChI is InChI=1S/C18H23F3N2O/c1-15(2)7-8-16(3,4)13-9-11(5-6-12(13)15)14-10-17(24,23-22-14)18(19,20)21/h5-6,9,23-24H,7-8,10H2,1-4H3/t17-/m0/s1. The van der Waals surface area contributed by atoms with Crippen LogP contribution in [0.1, 0.15) is 63.6 Å². The first-order chi connectivity index (χ1) is 10.9. The number of rotatable bonds is 1. The van der Waals surface area contributed by atoms with Gasteiger partial charge < -0.3 is 5.11 Å². The molecule has 1 aromatic carbocycles. The van der Waals surface area contributed by atoms with Crippen LogP contribution in [0.25, 0.3) is 0 Å². The minimum atomic E-state index is -4.77. The summed E-state index contributed by atoms with van der Waals surface area (Å²) in [7, 11) is 0. The Hall–Kier alpha value is -1.56. The molecule has 0 spiro atoms. The Labute approximate surface area is 140 Å². The van der Waals surface area contributed by atoms with Gasteiger partial charge in [-0.25, -0.2) is 0 Å². The lowest BCUT2D eigenvalue weighted by atomic mass is 9.63. The summed E-state index contributed by atoms with van der Waals surface area (Å²) in [6.45, 7) is 8.70. The molecule has 0 aromatic heterocycles. The van der Waals surface area contributed by atoms with Crippen LogP contribution in [0.15, 0.2) is 23.3 Å². The van der Waals surface area contributed by atoms with Crippen LogP contribution in [0.5, 0.6) is 0 Å². The number of alkyl halides is 3. The molecule has 0 unspecified atom stereocenters. The van der Waals surface area contributed by atoms with Crippen molar-refractivity contribution in [3.05, 3.63) is 34.9 Å². The van der Waals surface area contributed by atoms with Crippen molar-refractivity contribution in [3.8, 4) is 0 Å². The molecule has 0 fully saturated rings. The molecule has 24 heavy (non-hydrogen) atoms. The highest BCUT2D eigenvalue weighted by Crippen LogP contribution is 2.46. The quantitative estimate of drug-likeness (QED) is 0.812. The summed E-state index contributed by atoms with van der Waals surface area (Å²) in [4.78, 5) is 0. The fraction of sp³-hybridized carbons (Fsp3) is 0.611. The first-order valence-electron chi connectivity index (χ1n) is 8.14. The van der Waals surface area contributed by atoms with Gasteiger partial charge >= 0.3 is 6.18 Å². The summed E-state index contributed by atoms with van der Waals surface area (Å²) < 4.78 is 38.8. The number of hydrogen-bond acceptors (Lipinski definition) is 3. The van der Waals surface area contributed by atoms with Crippen molar-refractivity contribution in [2.75, 3.05) is 0 Å². The van der Waals surface area contributed by atoms with Crippen molar-refractivity contribution >= 4 is 5.71 Å². The van der Waals surface area contributed by atoms with Crippen molar-refractivity contribution in [3.63, 3.8) is 0 Å². The lowest BCUT2D eigenvalue weighted by Crippen LogP contribution is -2.52. The molecule has 1 aliphatic carbocycles. The van der Waals surface area contributed by atoms with Gasteiger partial charge in [0.2, 0.25) is 0 Å². The van der Waals surface area contributed by atoms with E-state index in [0.717, 1.165) is 18.4 Å². The van der Waals surface area contributed by atoms with Gasteiger partial charge in [-0.2, -0.15) is 18.3 Å². The van der Waals surface area contributed by atoms with Gasteiger partial charge in [0.1, 0.15) is 0 Å². The van der Waals surface area contributed by atoms with E-state index in [0.29, 0.717) is 5.56 Å². The van der Waals surface area contributed by atoms with Gasteiger partial charge in [0.05, 0.1) is 12.1 Å². The Morgan fingerprint density at radius 1 is 1.04 bits per heavy atom. The molecule has 3 rings (SSSR count). The zero-order valence-corrected chi connectivity index (χ0v) is 14.4. The first kappa shape index (κ1) is 17.3. The number of aliphatic hydroxyl groups is 1. The SMILES string of the molecule is CC1(C)CCC(C)(C)c2cc(C3=NN[C@@](O)(C(F)(F)F)C3)ccc21. The molecular weight excluding hydrogens is 317 g/mol. The summed E-state index contributed by atoms with van der Waals surface area (Å²) in [5, 5.41) is 13.5. The number of nitrogens with one attached hydrogen (secondary N) is 1. The zero-order chi connectivity index (χ0) is 18.0. The minimum Gasteiger partial charge on any atom is -0.362 e. The Balaban J connectivity index is 1.99. The first-order valence-corrected chi connectivity index (χ1v) is 8.14. The highest BCUT2D eigenvalue weighted by atomic mass is 19.4. The Morgan fingerprint density at radius 3 is 2.17 bits per heavy atom. The van der Waals surface area contributed by atoms with Crippen LogP contribution in [0.2, 0.25) is 0 Å². The third-order valence-electron chi connectivity index (χ3n) is 5.45. The van der Waals surface area contributed by atoms with Crippen LogP contribution in [0.3, 0.4) is 0 Å². The number of hydrogen-bond donors (Lipinski definition) is 2. The molecule has 2 N–H and O–H groups in total. The van der Waals surface area contributed by atoms with Crippen LogP contribution in [0.4, 0.5) is 13.2 Å². The van der Waals surface area contributed by atoms with Crippen LogP contribution in [-0.4, -0.2) is 22.7 Å². The average Bonchev–Trinajstić information content (AvgIpc) is 2.87. The molecule has 1 atom stereocenters. The van der Waals surface area contributed by atoms with Crippen LogP contribution >= 0.6 is 0 Å². The molecular formula is C18H23F3N2O. The maximum atomic E-state index is 12.9. The Morgan fingerprint density at radius 2 is 1.62 bits per heavy atom. The van der Waals surface area contributed by atoms with Crippen molar-refractivity contribution in [2.24, 2.45) is 5.10 Å². The van der Waals surface area contributed by atoms with E-state index in [2.05, 4.69) is 32.8 Å². The van der Waals surface area contributed by atoms with E-state index in [4.69, 9.17) is 0 Å². The Bertz CT molecular complexity index is 707. The average molecular weight is 340 g/mol. The third kappa shape index (κ3) is 2.61. The summed E-state index contributed by atoms with van der Waals surface area (Å²) in [5.41, 5.74) is 2.15.